The Labute approximate surface area is 244 Å². The van der Waals surface area contributed by atoms with Crippen LogP contribution < -0.4 is 21.7 Å². The van der Waals surface area contributed by atoms with Crippen molar-refractivity contribution in [2.24, 2.45) is 0 Å². The average molecular weight is 570 g/mol. The summed E-state index contributed by atoms with van der Waals surface area (Å²) in [6.45, 7) is 0.733. The number of carbonyl (C=O) groups excluding carboxylic acids is 3. The van der Waals surface area contributed by atoms with Crippen molar-refractivity contribution in [3.63, 3.8) is 0 Å². The summed E-state index contributed by atoms with van der Waals surface area (Å²) >= 11 is 0. The van der Waals surface area contributed by atoms with Gasteiger partial charge in [0.05, 0.1) is 17.8 Å². The molecule has 0 radical (unpaired) electrons. The van der Waals surface area contributed by atoms with Gasteiger partial charge in [0.1, 0.15) is 19.3 Å². The molecule has 4 aromatic rings. The minimum atomic E-state index is -0.855. The Hall–Kier alpha value is -4.96. The lowest BCUT2D eigenvalue weighted by Crippen LogP contribution is -2.44. The number of hydrogen-bond acceptors (Lipinski definition) is 7. The van der Waals surface area contributed by atoms with Crippen LogP contribution in [0.15, 0.2) is 91.1 Å². The summed E-state index contributed by atoms with van der Waals surface area (Å²) in [7, 11) is 0. The van der Waals surface area contributed by atoms with Gasteiger partial charge >= 0.3 is 6.09 Å². The standard InChI is InChI=1S/C32H35N5O5/c33-26-16-14-24(15-17-26)20-41-22-29(38)34-18-5-4-12-28(37-32(40)42-21-23-8-2-1-3-9-23)31(39)36-27-13-6-10-25-11-7-19-35-30(25)27/h1-3,6-11,13-17,19,28H,4-5,12,18,20-22,33H2,(H,34,38)(H,36,39)(H,37,40)/t28-/m0/s1. The van der Waals surface area contributed by atoms with Crippen LogP contribution in [-0.4, -0.2) is 42.1 Å². The van der Waals surface area contributed by atoms with Crippen LogP contribution in [-0.2, 0) is 32.3 Å². The number of carbonyl (C=O) groups is 3. The van der Waals surface area contributed by atoms with E-state index in [0.717, 1.165) is 16.5 Å². The molecule has 1 aromatic heterocycles. The molecule has 0 unspecified atom stereocenters. The Balaban J connectivity index is 1.26. The summed E-state index contributed by atoms with van der Waals surface area (Å²) in [5.41, 5.74) is 9.31. The van der Waals surface area contributed by atoms with E-state index in [1.54, 1.807) is 24.4 Å². The van der Waals surface area contributed by atoms with Gasteiger partial charge in [0.2, 0.25) is 11.8 Å². The van der Waals surface area contributed by atoms with Gasteiger partial charge in [0, 0.05) is 23.8 Å². The number of para-hydroxylation sites is 1. The predicted octanol–water partition coefficient (Wildman–Crippen LogP) is 4.55. The molecule has 0 aliphatic heterocycles. The predicted molar refractivity (Wildman–Crippen MR) is 161 cm³/mol. The number of unbranched alkanes of at least 4 members (excludes halogenated alkanes) is 1. The normalized spacial score (nSPS) is 11.4. The van der Waals surface area contributed by atoms with Crippen molar-refractivity contribution in [2.45, 2.75) is 38.5 Å². The molecular formula is C32H35N5O5. The molecule has 218 valence electrons. The largest absolute Gasteiger partial charge is 0.445 e. The number of alkyl carbamates (subject to hydrolysis) is 1. The van der Waals surface area contributed by atoms with Crippen molar-refractivity contribution in [1.29, 1.82) is 0 Å². The van der Waals surface area contributed by atoms with Gasteiger partial charge in [0.25, 0.3) is 0 Å². The molecule has 0 aliphatic rings. The molecule has 0 saturated heterocycles. The highest BCUT2D eigenvalue weighted by atomic mass is 16.5. The van der Waals surface area contributed by atoms with Crippen LogP contribution in [0.1, 0.15) is 30.4 Å². The SMILES string of the molecule is Nc1ccc(COCC(=O)NCCCC[C@H](NC(=O)OCc2ccccc2)C(=O)Nc2cccc3cccnc23)cc1. The third-order valence-corrected chi connectivity index (χ3v) is 6.44. The van der Waals surface area contributed by atoms with Crippen LogP contribution >= 0.6 is 0 Å². The number of nitrogens with one attached hydrogen (secondary N) is 3. The zero-order valence-electron chi connectivity index (χ0n) is 23.3. The second kappa shape index (κ2) is 15.7. The summed E-state index contributed by atoms with van der Waals surface area (Å²) in [4.78, 5) is 42.4. The summed E-state index contributed by atoms with van der Waals surface area (Å²) < 4.78 is 10.8. The molecule has 0 fully saturated rings. The molecule has 3 aromatic carbocycles. The zero-order chi connectivity index (χ0) is 29.6. The number of fused-ring (bicyclic) bond motifs is 1. The number of benzene rings is 3. The highest BCUT2D eigenvalue weighted by Crippen LogP contribution is 2.21. The minimum absolute atomic E-state index is 0.0662. The molecule has 1 heterocycles. The van der Waals surface area contributed by atoms with Gasteiger partial charge < -0.3 is 31.2 Å². The maximum atomic E-state index is 13.3. The van der Waals surface area contributed by atoms with Gasteiger partial charge in [-0.25, -0.2) is 4.79 Å². The third-order valence-electron chi connectivity index (χ3n) is 6.44. The number of nitrogens with two attached hydrogens (primary N) is 1. The van der Waals surface area contributed by atoms with Gasteiger partial charge in [-0.15, -0.1) is 0 Å². The number of rotatable bonds is 14. The van der Waals surface area contributed by atoms with E-state index in [1.165, 1.54) is 0 Å². The van der Waals surface area contributed by atoms with E-state index in [1.807, 2.05) is 66.7 Å². The van der Waals surface area contributed by atoms with Gasteiger partial charge in [-0.05, 0) is 54.7 Å². The number of nitrogens with zero attached hydrogens (tertiary/aromatic N) is 1. The quantitative estimate of drug-likeness (QED) is 0.129. The molecule has 10 heteroatoms. The minimum Gasteiger partial charge on any atom is -0.445 e. The van der Waals surface area contributed by atoms with Crippen LogP contribution in [0.3, 0.4) is 0 Å². The second-order valence-corrected chi connectivity index (χ2v) is 9.71. The number of pyridine rings is 1. The van der Waals surface area contributed by atoms with Gasteiger partial charge in [0.15, 0.2) is 0 Å². The topological polar surface area (TPSA) is 145 Å². The van der Waals surface area contributed by atoms with Gasteiger partial charge in [-0.1, -0.05) is 60.7 Å². The van der Waals surface area contributed by atoms with Gasteiger partial charge in [-0.2, -0.15) is 0 Å². The van der Waals surface area contributed by atoms with Gasteiger partial charge in [-0.3, -0.25) is 14.6 Å². The Bertz CT molecular complexity index is 1460. The molecule has 0 bridgehead atoms. The Morgan fingerprint density at radius 2 is 1.60 bits per heavy atom. The molecule has 4 rings (SSSR count). The van der Waals surface area contributed by atoms with Crippen molar-refractivity contribution in [2.75, 3.05) is 24.2 Å². The van der Waals surface area contributed by atoms with Crippen molar-refractivity contribution in [3.05, 3.63) is 102 Å². The number of aromatic nitrogens is 1. The number of ether oxygens (including phenoxy) is 2. The summed E-state index contributed by atoms with van der Waals surface area (Å²) in [5, 5.41) is 9.29. The molecule has 1 atom stereocenters. The molecule has 0 saturated carbocycles. The lowest BCUT2D eigenvalue weighted by atomic mass is 10.1. The zero-order valence-corrected chi connectivity index (χ0v) is 23.3. The molecule has 3 amide bonds. The first-order chi connectivity index (χ1) is 20.5. The van der Waals surface area contributed by atoms with E-state index in [9.17, 15) is 14.4 Å². The highest BCUT2D eigenvalue weighted by Gasteiger charge is 2.22. The third kappa shape index (κ3) is 9.60. The number of amides is 3. The highest BCUT2D eigenvalue weighted by molar-refractivity contribution is 6.03. The molecule has 10 nitrogen and oxygen atoms in total. The summed E-state index contributed by atoms with van der Waals surface area (Å²) in [6.07, 6.45) is 2.48. The smallest absolute Gasteiger partial charge is 0.408 e. The first-order valence-corrected chi connectivity index (χ1v) is 13.8. The molecule has 0 spiro atoms. The monoisotopic (exact) mass is 569 g/mol. The fraction of sp³-hybridized carbons (Fsp3) is 0.250. The van der Waals surface area contributed by atoms with Crippen molar-refractivity contribution in [3.8, 4) is 0 Å². The molecular weight excluding hydrogens is 534 g/mol. The first-order valence-electron chi connectivity index (χ1n) is 13.8. The van der Waals surface area contributed by atoms with E-state index in [2.05, 4.69) is 20.9 Å². The van der Waals surface area contributed by atoms with Crippen LogP contribution in [0.25, 0.3) is 10.9 Å². The van der Waals surface area contributed by atoms with Crippen LogP contribution in [0.4, 0.5) is 16.2 Å². The fourth-order valence-corrected chi connectivity index (χ4v) is 4.23. The van der Waals surface area contributed by atoms with E-state index < -0.39 is 12.1 Å². The van der Waals surface area contributed by atoms with Crippen LogP contribution in [0.2, 0.25) is 0 Å². The van der Waals surface area contributed by atoms with Crippen LogP contribution in [0, 0.1) is 0 Å². The number of nitrogen functional groups attached to an aromatic ring is 1. The number of hydrogen-bond donors (Lipinski definition) is 4. The molecule has 42 heavy (non-hydrogen) atoms. The second-order valence-electron chi connectivity index (χ2n) is 9.71. The Kier molecular flexibility index (Phi) is 11.2. The van der Waals surface area contributed by atoms with Crippen LogP contribution in [0.5, 0.6) is 0 Å². The van der Waals surface area contributed by atoms with Crippen molar-refractivity contribution >= 4 is 40.2 Å². The van der Waals surface area contributed by atoms with E-state index in [4.69, 9.17) is 15.2 Å². The Morgan fingerprint density at radius 3 is 2.40 bits per heavy atom. The fourth-order valence-electron chi connectivity index (χ4n) is 4.23. The maximum absolute atomic E-state index is 13.3. The van der Waals surface area contributed by atoms with E-state index in [0.29, 0.717) is 49.3 Å². The Morgan fingerprint density at radius 1 is 0.833 bits per heavy atom. The summed E-state index contributed by atoms with van der Waals surface area (Å²) in [5.74, 6) is -0.615. The number of anilines is 2. The maximum Gasteiger partial charge on any atom is 0.408 e. The molecule has 5 N–H and O–H groups in total. The van der Waals surface area contributed by atoms with Crippen molar-refractivity contribution in [1.82, 2.24) is 15.6 Å². The lowest BCUT2D eigenvalue weighted by Gasteiger charge is -2.19. The molecule has 0 aliphatic carbocycles. The van der Waals surface area contributed by atoms with Crippen molar-refractivity contribution < 1.29 is 23.9 Å². The van der Waals surface area contributed by atoms with E-state index >= 15 is 0 Å². The summed E-state index contributed by atoms with van der Waals surface area (Å²) in [6, 6.07) is 24.9. The van der Waals surface area contributed by atoms with E-state index in [-0.39, 0.29) is 25.0 Å². The first kappa shape index (κ1) is 30.0. The lowest BCUT2D eigenvalue weighted by molar-refractivity contribution is -0.126. The average Bonchev–Trinajstić information content (AvgIpc) is 3.01.